The molecule has 2 N–H and O–H groups in total. The molecule has 0 radical (unpaired) electrons. The largest absolute Gasteiger partial charge is 0.329 e. The number of likely N-dealkylation sites (tertiary alicyclic amines) is 1. The molecule has 0 aliphatic carbocycles. The fourth-order valence-corrected chi connectivity index (χ4v) is 3.18. The Hall–Kier alpha value is 0.230. The molecule has 0 aromatic rings. The van der Waals surface area contributed by atoms with E-state index in [0.29, 0.717) is 6.04 Å². The van der Waals surface area contributed by atoms with E-state index >= 15 is 0 Å². The summed E-state index contributed by atoms with van der Waals surface area (Å²) in [5.74, 6) is 1.24. The van der Waals surface area contributed by atoms with Gasteiger partial charge in [-0.15, -0.1) is 0 Å². The van der Waals surface area contributed by atoms with Crippen molar-refractivity contribution in [2.45, 2.75) is 31.3 Å². The Bertz CT molecular complexity index is 212. The highest BCUT2D eigenvalue weighted by Crippen LogP contribution is 2.27. The van der Waals surface area contributed by atoms with Crippen molar-refractivity contribution in [2.75, 3.05) is 45.7 Å². The molecule has 16 heavy (non-hydrogen) atoms. The summed E-state index contributed by atoms with van der Waals surface area (Å²) in [4.78, 5) is 4.91. The van der Waals surface area contributed by atoms with E-state index in [9.17, 15) is 0 Å². The van der Waals surface area contributed by atoms with Crippen LogP contribution >= 0.6 is 11.8 Å². The van der Waals surface area contributed by atoms with Gasteiger partial charge in [-0.1, -0.05) is 0 Å². The van der Waals surface area contributed by atoms with E-state index in [1.807, 2.05) is 11.8 Å². The van der Waals surface area contributed by atoms with Gasteiger partial charge in [-0.25, -0.2) is 0 Å². The molecule has 0 amide bonds. The van der Waals surface area contributed by atoms with Gasteiger partial charge in [0, 0.05) is 24.7 Å². The molecule has 0 aromatic heterocycles. The highest BCUT2D eigenvalue weighted by atomic mass is 32.2. The highest BCUT2D eigenvalue weighted by Gasteiger charge is 2.40. The summed E-state index contributed by atoms with van der Waals surface area (Å²) < 4.78 is 0. The van der Waals surface area contributed by atoms with Gasteiger partial charge in [0.15, 0.2) is 0 Å². The summed E-state index contributed by atoms with van der Waals surface area (Å²) in [6, 6.07) is 0.627. The van der Waals surface area contributed by atoms with Crippen LogP contribution in [0.1, 0.15) is 19.8 Å². The number of likely N-dealkylation sites (N-methyl/N-ethyl adjacent to an activating group) is 2. The average Bonchev–Trinajstić information content (AvgIpc) is 2.68. The van der Waals surface area contributed by atoms with Crippen LogP contribution in [0.5, 0.6) is 0 Å². The van der Waals surface area contributed by atoms with Gasteiger partial charge in [0.05, 0.1) is 0 Å². The van der Waals surface area contributed by atoms with Gasteiger partial charge in [0.25, 0.3) is 0 Å². The van der Waals surface area contributed by atoms with Crippen LogP contribution in [0.25, 0.3) is 0 Å². The van der Waals surface area contributed by atoms with Crippen molar-refractivity contribution in [3.63, 3.8) is 0 Å². The van der Waals surface area contributed by atoms with Crippen LogP contribution in [-0.4, -0.2) is 67.1 Å². The van der Waals surface area contributed by atoms with E-state index in [2.05, 4.69) is 37.1 Å². The minimum absolute atomic E-state index is 0.215. The summed E-state index contributed by atoms with van der Waals surface area (Å²) in [7, 11) is 4.44. The first-order valence-corrected chi connectivity index (χ1v) is 7.55. The predicted molar refractivity (Wildman–Crippen MR) is 74.1 cm³/mol. The molecule has 0 bridgehead atoms. The summed E-state index contributed by atoms with van der Waals surface area (Å²) in [6.45, 7) is 5.39. The number of rotatable bonds is 6. The lowest BCUT2D eigenvalue weighted by atomic mass is 9.94. The van der Waals surface area contributed by atoms with E-state index < -0.39 is 0 Å². The van der Waals surface area contributed by atoms with E-state index in [1.165, 1.54) is 25.1 Å². The maximum atomic E-state index is 6.02. The van der Waals surface area contributed by atoms with Crippen molar-refractivity contribution < 1.29 is 0 Å². The lowest BCUT2D eigenvalue weighted by molar-refractivity contribution is 0.0908. The molecule has 0 aromatic carbocycles. The van der Waals surface area contributed by atoms with Gasteiger partial charge < -0.3 is 10.6 Å². The second kappa shape index (κ2) is 6.24. The Labute approximate surface area is 105 Å². The van der Waals surface area contributed by atoms with Crippen LogP contribution in [0.4, 0.5) is 0 Å². The van der Waals surface area contributed by atoms with Crippen molar-refractivity contribution in [1.82, 2.24) is 9.80 Å². The number of hydrogen-bond acceptors (Lipinski definition) is 4. The van der Waals surface area contributed by atoms with Crippen LogP contribution in [0.15, 0.2) is 0 Å². The standard InChI is InChI=1S/C12H27N3S/c1-11(5-8-16-4)15(3)12(9-13)6-7-14(2)10-12/h11H,5-10,13H2,1-4H3. The zero-order valence-electron chi connectivity index (χ0n) is 11.2. The van der Waals surface area contributed by atoms with Crippen LogP contribution in [0.3, 0.4) is 0 Å². The quantitative estimate of drug-likeness (QED) is 0.759. The van der Waals surface area contributed by atoms with Gasteiger partial charge in [-0.3, -0.25) is 4.90 Å². The Kier molecular flexibility index (Phi) is 5.57. The van der Waals surface area contributed by atoms with Gasteiger partial charge in [0.2, 0.25) is 0 Å². The monoisotopic (exact) mass is 245 g/mol. The molecule has 96 valence electrons. The summed E-state index contributed by atoms with van der Waals surface area (Å²) in [6.07, 6.45) is 4.64. The predicted octanol–water partition coefficient (Wildman–Crippen LogP) is 1.09. The molecule has 1 aliphatic rings. The van der Waals surface area contributed by atoms with Crippen molar-refractivity contribution >= 4 is 11.8 Å². The van der Waals surface area contributed by atoms with Crippen LogP contribution in [0.2, 0.25) is 0 Å². The minimum Gasteiger partial charge on any atom is -0.329 e. The first-order chi connectivity index (χ1) is 7.55. The molecule has 1 saturated heterocycles. The molecule has 2 unspecified atom stereocenters. The average molecular weight is 245 g/mol. The highest BCUT2D eigenvalue weighted by molar-refractivity contribution is 7.98. The second-order valence-electron chi connectivity index (χ2n) is 5.16. The van der Waals surface area contributed by atoms with E-state index in [-0.39, 0.29) is 5.54 Å². The molecule has 4 heteroatoms. The molecular weight excluding hydrogens is 218 g/mol. The summed E-state index contributed by atoms with van der Waals surface area (Å²) in [5.41, 5.74) is 6.24. The zero-order valence-corrected chi connectivity index (χ0v) is 12.0. The lowest BCUT2D eigenvalue weighted by Gasteiger charge is -2.41. The third-order valence-corrected chi connectivity index (χ3v) is 4.70. The maximum absolute atomic E-state index is 6.02. The van der Waals surface area contributed by atoms with E-state index in [1.54, 1.807) is 0 Å². The SMILES string of the molecule is CSCCC(C)N(C)C1(CN)CCN(C)C1. The summed E-state index contributed by atoms with van der Waals surface area (Å²) in [5, 5.41) is 0. The van der Waals surface area contributed by atoms with Crippen LogP contribution in [-0.2, 0) is 0 Å². The molecule has 0 saturated carbocycles. The Morgan fingerprint density at radius 2 is 2.25 bits per heavy atom. The minimum atomic E-state index is 0.215. The first kappa shape index (κ1) is 14.3. The van der Waals surface area contributed by atoms with Crippen LogP contribution < -0.4 is 5.73 Å². The van der Waals surface area contributed by atoms with E-state index in [4.69, 9.17) is 5.73 Å². The van der Waals surface area contributed by atoms with Gasteiger partial charge >= 0.3 is 0 Å². The maximum Gasteiger partial charge on any atom is 0.0470 e. The number of thioether (sulfide) groups is 1. The fraction of sp³-hybridized carbons (Fsp3) is 1.00. The number of nitrogens with two attached hydrogens (primary N) is 1. The molecule has 2 atom stereocenters. The van der Waals surface area contributed by atoms with Crippen molar-refractivity contribution in [3.05, 3.63) is 0 Å². The van der Waals surface area contributed by atoms with Gasteiger partial charge in [0.1, 0.15) is 0 Å². The van der Waals surface area contributed by atoms with Gasteiger partial charge in [-0.05, 0) is 52.4 Å². The smallest absolute Gasteiger partial charge is 0.0470 e. The number of hydrogen-bond donors (Lipinski definition) is 1. The van der Waals surface area contributed by atoms with E-state index in [0.717, 1.165) is 13.1 Å². The molecule has 1 aliphatic heterocycles. The summed E-state index contributed by atoms with van der Waals surface area (Å²) >= 11 is 1.93. The molecule has 1 rings (SSSR count). The molecule has 1 heterocycles. The lowest BCUT2D eigenvalue weighted by Crippen LogP contribution is -2.56. The van der Waals surface area contributed by atoms with Gasteiger partial charge in [-0.2, -0.15) is 11.8 Å². The Morgan fingerprint density at radius 1 is 1.56 bits per heavy atom. The number of nitrogens with zero attached hydrogens (tertiary/aromatic N) is 2. The van der Waals surface area contributed by atoms with Crippen molar-refractivity contribution in [3.8, 4) is 0 Å². The topological polar surface area (TPSA) is 32.5 Å². The fourth-order valence-electron chi connectivity index (χ4n) is 2.61. The molecule has 3 nitrogen and oxygen atoms in total. The van der Waals surface area contributed by atoms with Crippen molar-refractivity contribution in [1.29, 1.82) is 0 Å². The second-order valence-corrected chi connectivity index (χ2v) is 6.14. The third-order valence-electron chi connectivity index (χ3n) is 4.05. The zero-order chi connectivity index (χ0) is 12.2. The van der Waals surface area contributed by atoms with Crippen LogP contribution in [0, 0.1) is 0 Å². The molecule has 0 spiro atoms. The molecule has 1 fully saturated rings. The Balaban J connectivity index is 2.58. The normalized spacial score (nSPS) is 28.9. The third kappa shape index (κ3) is 3.13. The molecular formula is C12H27N3S. The Morgan fingerprint density at radius 3 is 2.69 bits per heavy atom. The first-order valence-electron chi connectivity index (χ1n) is 6.16. The van der Waals surface area contributed by atoms with Crippen molar-refractivity contribution in [2.24, 2.45) is 5.73 Å².